The molecule has 1 saturated heterocycles. The molecule has 1 fully saturated rings. The van der Waals surface area contributed by atoms with Crippen LogP contribution in [0.4, 0.5) is 8.78 Å². The molecular formula is C14H22F2N4. The van der Waals surface area contributed by atoms with Crippen molar-refractivity contribution in [3.63, 3.8) is 0 Å². The van der Waals surface area contributed by atoms with Gasteiger partial charge in [0.05, 0.1) is 6.04 Å². The van der Waals surface area contributed by atoms with E-state index in [0.29, 0.717) is 5.56 Å². The molecule has 2 unspecified atom stereocenters. The van der Waals surface area contributed by atoms with E-state index in [1.165, 1.54) is 6.07 Å². The van der Waals surface area contributed by atoms with Crippen molar-refractivity contribution < 1.29 is 8.78 Å². The van der Waals surface area contributed by atoms with Crippen LogP contribution in [0, 0.1) is 11.6 Å². The van der Waals surface area contributed by atoms with Crippen LogP contribution in [0.3, 0.4) is 0 Å². The Labute approximate surface area is 118 Å². The van der Waals surface area contributed by atoms with Crippen molar-refractivity contribution in [3.05, 3.63) is 35.4 Å². The molecule has 2 atom stereocenters. The Hall–Kier alpha value is -1.08. The first-order valence-corrected chi connectivity index (χ1v) is 6.82. The molecule has 0 amide bonds. The minimum absolute atomic E-state index is 0.109. The second-order valence-electron chi connectivity index (χ2n) is 5.48. The monoisotopic (exact) mass is 284 g/mol. The summed E-state index contributed by atoms with van der Waals surface area (Å²) >= 11 is 0. The van der Waals surface area contributed by atoms with Crippen molar-refractivity contribution >= 4 is 0 Å². The fourth-order valence-corrected chi connectivity index (χ4v) is 2.80. The molecule has 0 radical (unpaired) electrons. The van der Waals surface area contributed by atoms with Gasteiger partial charge in [-0.15, -0.1) is 0 Å². The van der Waals surface area contributed by atoms with Gasteiger partial charge in [-0.1, -0.05) is 6.07 Å². The standard InChI is InChI=1S/C14H22F2N4/c1-19-6-3-7-20(2)13(9-19)14(18-17)10-4-5-11(15)12(16)8-10/h4-5,8,13-14,18H,3,6-7,9,17H2,1-2H3. The van der Waals surface area contributed by atoms with Crippen LogP contribution in [0.15, 0.2) is 18.2 Å². The lowest BCUT2D eigenvalue weighted by Gasteiger charge is -2.34. The molecule has 4 nitrogen and oxygen atoms in total. The van der Waals surface area contributed by atoms with E-state index in [0.717, 1.165) is 32.1 Å². The number of hydrogen-bond acceptors (Lipinski definition) is 4. The van der Waals surface area contributed by atoms with Gasteiger partial charge >= 0.3 is 0 Å². The highest BCUT2D eigenvalue weighted by atomic mass is 19.2. The normalized spacial score (nSPS) is 23.6. The van der Waals surface area contributed by atoms with Gasteiger partial charge < -0.3 is 9.80 Å². The maximum absolute atomic E-state index is 13.4. The van der Waals surface area contributed by atoms with Crippen LogP contribution in [-0.4, -0.2) is 49.6 Å². The highest BCUT2D eigenvalue weighted by Crippen LogP contribution is 2.24. The molecule has 0 aliphatic carbocycles. The summed E-state index contributed by atoms with van der Waals surface area (Å²) in [6, 6.07) is 3.82. The summed E-state index contributed by atoms with van der Waals surface area (Å²) in [6.45, 7) is 2.80. The van der Waals surface area contributed by atoms with Crippen molar-refractivity contribution in [1.82, 2.24) is 15.2 Å². The third-order valence-electron chi connectivity index (χ3n) is 3.98. The predicted molar refractivity (Wildman–Crippen MR) is 75.0 cm³/mol. The molecular weight excluding hydrogens is 262 g/mol. The number of rotatable bonds is 3. The maximum atomic E-state index is 13.4. The van der Waals surface area contributed by atoms with Crippen molar-refractivity contribution in [2.75, 3.05) is 33.7 Å². The Morgan fingerprint density at radius 1 is 1.25 bits per heavy atom. The van der Waals surface area contributed by atoms with E-state index in [1.54, 1.807) is 6.07 Å². The molecule has 112 valence electrons. The SMILES string of the molecule is CN1CCCN(C)C(C(NN)c2ccc(F)c(F)c2)C1. The number of nitrogens with zero attached hydrogens (tertiary/aromatic N) is 2. The van der Waals surface area contributed by atoms with Crippen LogP contribution in [0.1, 0.15) is 18.0 Å². The lowest BCUT2D eigenvalue weighted by molar-refractivity contribution is 0.178. The summed E-state index contributed by atoms with van der Waals surface area (Å²) in [5, 5.41) is 0. The van der Waals surface area contributed by atoms with Gasteiger partial charge in [-0.2, -0.15) is 0 Å². The fraction of sp³-hybridized carbons (Fsp3) is 0.571. The van der Waals surface area contributed by atoms with E-state index in [2.05, 4.69) is 22.3 Å². The Morgan fingerprint density at radius 3 is 2.65 bits per heavy atom. The van der Waals surface area contributed by atoms with E-state index >= 15 is 0 Å². The predicted octanol–water partition coefficient (Wildman–Crippen LogP) is 1.11. The zero-order chi connectivity index (χ0) is 14.7. The largest absolute Gasteiger partial charge is 0.305 e. The Bertz CT molecular complexity index is 455. The van der Waals surface area contributed by atoms with Crippen molar-refractivity contribution in [2.45, 2.75) is 18.5 Å². The van der Waals surface area contributed by atoms with Crippen molar-refractivity contribution in [1.29, 1.82) is 0 Å². The number of nitrogens with one attached hydrogen (secondary N) is 1. The second kappa shape index (κ2) is 6.58. The first-order valence-electron chi connectivity index (χ1n) is 6.82. The van der Waals surface area contributed by atoms with Gasteiger partial charge in [0.15, 0.2) is 11.6 Å². The highest BCUT2D eigenvalue weighted by Gasteiger charge is 2.29. The van der Waals surface area contributed by atoms with E-state index in [1.807, 2.05) is 7.05 Å². The molecule has 0 spiro atoms. The smallest absolute Gasteiger partial charge is 0.159 e. The van der Waals surface area contributed by atoms with Gasteiger partial charge in [0.25, 0.3) is 0 Å². The minimum atomic E-state index is -0.840. The number of benzene rings is 1. The Kier molecular flexibility index (Phi) is 5.04. The zero-order valence-corrected chi connectivity index (χ0v) is 11.9. The molecule has 1 aliphatic rings. The average molecular weight is 284 g/mol. The summed E-state index contributed by atoms with van der Waals surface area (Å²) in [7, 11) is 4.10. The van der Waals surface area contributed by atoms with Gasteiger partial charge in [-0.3, -0.25) is 11.3 Å². The Morgan fingerprint density at radius 2 is 2.00 bits per heavy atom. The van der Waals surface area contributed by atoms with Crippen LogP contribution in [0.2, 0.25) is 0 Å². The fourth-order valence-electron chi connectivity index (χ4n) is 2.80. The van der Waals surface area contributed by atoms with Gasteiger partial charge in [-0.05, 0) is 51.3 Å². The minimum Gasteiger partial charge on any atom is -0.305 e. The van der Waals surface area contributed by atoms with Gasteiger partial charge in [0.1, 0.15) is 0 Å². The molecule has 6 heteroatoms. The summed E-state index contributed by atoms with van der Waals surface area (Å²) in [4.78, 5) is 4.45. The summed E-state index contributed by atoms with van der Waals surface area (Å²) in [5.41, 5.74) is 3.42. The lowest BCUT2D eigenvalue weighted by Crippen LogP contribution is -2.48. The number of hydrogen-bond donors (Lipinski definition) is 2. The highest BCUT2D eigenvalue weighted by molar-refractivity contribution is 5.23. The molecule has 0 saturated carbocycles. The van der Waals surface area contributed by atoms with Gasteiger partial charge in [-0.25, -0.2) is 8.78 Å². The zero-order valence-electron chi connectivity index (χ0n) is 11.9. The summed E-state index contributed by atoms with van der Waals surface area (Å²) < 4.78 is 26.5. The van der Waals surface area contributed by atoms with Crippen LogP contribution in [0.25, 0.3) is 0 Å². The number of likely N-dealkylation sites (N-methyl/N-ethyl adjacent to an activating group) is 2. The average Bonchev–Trinajstić information content (AvgIpc) is 2.57. The van der Waals surface area contributed by atoms with Crippen LogP contribution < -0.4 is 11.3 Å². The summed E-state index contributed by atoms with van der Waals surface area (Å²) in [6.07, 6.45) is 1.08. The molecule has 1 aromatic carbocycles. The van der Waals surface area contributed by atoms with E-state index in [-0.39, 0.29) is 12.1 Å². The van der Waals surface area contributed by atoms with Gasteiger partial charge in [0, 0.05) is 12.6 Å². The molecule has 1 heterocycles. The molecule has 1 aliphatic heterocycles. The first-order chi connectivity index (χ1) is 9.52. The molecule has 1 aromatic rings. The quantitative estimate of drug-likeness (QED) is 0.644. The molecule has 2 rings (SSSR count). The van der Waals surface area contributed by atoms with E-state index in [4.69, 9.17) is 5.84 Å². The van der Waals surface area contributed by atoms with E-state index in [9.17, 15) is 8.78 Å². The molecule has 3 N–H and O–H groups in total. The molecule has 20 heavy (non-hydrogen) atoms. The number of halogens is 2. The first kappa shape index (κ1) is 15.3. The van der Waals surface area contributed by atoms with Crippen LogP contribution in [0.5, 0.6) is 0 Å². The Balaban J connectivity index is 2.27. The third-order valence-corrected chi connectivity index (χ3v) is 3.98. The molecule has 0 aromatic heterocycles. The second-order valence-corrected chi connectivity index (χ2v) is 5.48. The van der Waals surface area contributed by atoms with Gasteiger partial charge in [0.2, 0.25) is 0 Å². The van der Waals surface area contributed by atoms with Crippen LogP contribution >= 0.6 is 0 Å². The van der Waals surface area contributed by atoms with E-state index < -0.39 is 11.6 Å². The maximum Gasteiger partial charge on any atom is 0.159 e. The summed E-state index contributed by atoms with van der Waals surface area (Å²) in [5.74, 6) is 3.99. The lowest BCUT2D eigenvalue weighted by atomic mass is 9.98. The van der Waals surface area contributed by atoms with Crippen molar-refractivity contribution in [3.8, 4) is 0 Å². The third kappa shape index (κ3) is 3.32. The van der Waals surface area contributed by atoms with Crippen LogP contribution in [-0.2, 0) is 0 Å². The number of nitrogens with two attached hydrogens (primary N) is 1. The molecule has 0 bridgehead atoms. The topological polar surface area (TPSA) is 44.5 Å². The van der Waals surface area contributed by atoms with Crippen molar-refractivity contribution in [2.24, 2.45) is 5.84 Å². The number of hydrazine groups is 1.